The van der Waals surface area contributed by atoms with Crippen molar-refractivity contribution in [2.75, 3.05) is 25.4 Å². The number of hydrogen-bond donors (Lipinski definition) is 1. The number of nitrogens with two attached hydrogens (primary N) is 1. The van der Waals surface area contributed by atoms with Gasteiger partial charge in [0.25, 0.3) is 0 Å². The number of morpholine rings is 1. The van der Waals surface area contributed by atoms with Crippen LogP contribution in [0.2, 0.25) is 0 Å². The summed E-state index contributed by atoms with van der Waals surface area (Å²) in [4.78, 5) is 0.209. The summed E-state index contributed by atoms with van der Waals surface area (Å²) in [7, 11) is -3.15. The molecule has 82 valence electrons. The van der Waals surface area contributed by atoms with Gasteiger partial charge in [0, 0.05) is 13.1 Å². The van der Waals surface area contributed by atoms with Gasteiger partial charge < -0.3 is 10.5 Å². The maximum absolute atomic E-state index is 11.5. The van der Waals surface area contributed by atoms with Crippen molar-refractivity contribution in [1.82, 2.24) is 4.31 Å². The predicted molar refractivity (Wildman–Crippen MR) is 57.6 cm³/mol. The fourth-order valence-corrected chi connectivity index (χ4v) is 2.46. The van der Waals surface area contributed by atoms with Crippen LogP contribution in [0.3, 0.4) is 0 Å². The minimum absolute atomic E-state index is 0.0943. The summed E-state index contributed by atoms with van der Waals surface area (Å²) in [6.45, 7) is 2.59. The van der Waals surface area contributed by atoms with Crippen molar-refractivity contribution in [1.29, 1.82) is 0 Å². The molecule has 1 rings (SSSR count). The summed E-state index contributed by atoms with van der Waals surface area (Å²) in [6.07, 6.45) is -0.444. The summed E-state index contributed by atoms with van der Waals surface area (Å²) in [6, 6.07) is 0. The summed E-state index contributed by atoms with van der Waals surface area (Å²) in [5, 5.41) is 0. The molecule has 0 spiro atoms. The fourth-order valence-electron chi connectivity index (χ4n) is 1.23. The summed E-state index contributed by atoms with van der Waals surface area (Å²) in [5.74, 6) is 0.0943. The minimum atomic E-state index is -3.15. The molecule has 1 saturated heterocycles. The SMILES string of the molecule is CCS(=O)(=O)N1CCOC(C(N)=S)C1. The highest BCUT2D eigenvalue weighted by Gasteiger charge is 2.29. The Bertz CT molecular complexity index is 315. The van der Waals surface area contributed by atoms with Crippen molar-refractivity contribution in [3.8, 4) is 0 Å². The van der Waals surface area contributed by atoms with Gasteiger partial charge >= 0.3 is 0 Å². The van der Waals surface area contributed by atoms with Crippen LogP contribution in [0.1, 0.15) is 6.92 Å². The van der Waals surface area contributed by atoms with Crippen LogP contribution in [-0.2, 0) is 14.8 Å². The number of ether oxygens (including phenoxy) is 1. The number of hydrogen-bond acceptors (Lipinski definition) is 4. The van der Waals surface area contributed by atoms with E-state index < -0.39 is 16.1 Å². The third kappa shape index (κ3) is 2.63. The van der Waals surface area contributed by atoms with E-state index in [4.69, 9.17) is 22.7 Å². The first kappa shape index (κ1) is 11.8. The van der Waals surface area contributed by atoms with Crippen molar-refractivity contribution in [2.45, 2.75) is 13.0 Å². The maximum atomic E-state index is 11.5. The third-order valence-electron chi connectivity index (χ3n) is 2.10. The van der Waals surface area contributed by atoms with E-state index in [1.165, 1.54) is 4.31 Å². The molecule has 0 aromatic heterocycles. The predicted octanol–water partition coefficient (Wildman–Crippen LogP) is -0.677. The second-order valence-corrected chi connectivity index (χ2v) is 5.75. The molecule has 0 aromatic rings. The standard InChI is InChI=1S/C7H14N2O3S2/c1-2-14(10,11)9-3-4-12-6(5-9)7(8)13/h6H,2-5H2,1H3,(H2,8,13). The van der Waals surface area contributed by atoms with Crippen LogP contribution < -0.4 is 5.73 Å². The van der Waals surface area contributed by atoms with Gasteiger partial charge in [0.15, 0.2) is 0 Å². The van der Waals surface area contributed by atoms with E-state index in [1.807, 2.05) is 0 Å². The van der Waals surface area contributed by atoms with Crippen LogP contribution in [0.15, 0.2) is 0 Å². The average molecular weight is 238 g/mol. The molecular weight excluding hydrogens is 224 g/mol. The minimum Gasteiger partial charge on any atom is -0.391 e. The largest absolute Gasteiger partial charge is 0.391 e. The van der Waals surface area contributed by atoms with Crippen molar-refractivity contribution < 1.29 is 13.2 Å². The lowest BCUT2D eigenvalue weighted by Gasteiger charge is -2.31. The maximum Gasteiger partial charge on any atom is 0.214 e. The average Bonchev–Trinajstić information content (AvgIpc) is 2.18. The summed E-state index contributed by atoms with van der Waals surface area (Å²) >= 11 is 4.76. The van der Waals surface area contributed by atoms with Crippen LogP contribution in [-0.4, -0.2) is 49.3 Å². The van der Waals surface area contributed by atoms with Crippen LogP contribution in [0.4, 0.5) is 0 Å². The van der Waals surface area contributed by atoms with Gasteiger partial charge in [-0.15, -0.1) is 0 Å². The quantitative estimate of drug-likeness (QED) is 0.660. The lowest BCUT2D eigenvalue weighted by Crippen LogP contribution is -2.50. The zero-order valence-electron chi connectivity index (χ0n) is 7.97. The van der Waals surface area contributed by atoms with Gasteiger partial charge in [-0.1, -0.05) is 12.2 Å². The van der Waals surface area contributed by atoms with Crippen molar-refractivity contribution in [3.05, 3.63) is 0 Å². The smallest absolute Gasteiger partial charge is 0.214 e. The number of thiocarbonyl (C=S) groups is 1. The Hall–Kier alpha value is -0.240. The van der Waals surface area contributed by atoms with Gasteiger partial charge in [0.2, 0.25) is 10.0 Å². The molecule has 1 heterocycles. The Balaban J connectivity index is 2.70. The van der Waals surface area contributed by atoms with E-state index in [2.05, 4.69) is 0 Å². The molecule has 0 aromatic carbocycles. The first-order valence-electron chi connectivity index (χ1n) is 4.36. The van der Waals surface area contributed by atoms with Crippen LogP contribution in [0.5, 0.6) is 0 Å². The molecule has 1 fully saturated rings. The molecule has 0 radical (unpaired) electrons. The second kappa shape index (κ2) is 4.52. The van der Waals surface area contributed by atoms with Gasteiger partial charge in [0.1, 0.15) is 11.1 Å². The zero-order chi connectivity index (χ0) is 10.8. The third-order valence-corrected chi connectivity index (χ3v) is 4.22. The topological polar surface area (TPSA) is 72.6 Å². The Kier molecular flexibility index (Phi) is 3.82. The summed E-state index contributed by atoms with van der Waals surface area (Å²) < 4.78 is 29.6. The Morgan fingerprint density at radius 2 is 2.36 bits per heavy atom. The van der Waals surface area contributed by atoms with E-state index in [9.17, 15) is 8.42 Å². The first-order valence-corrected chi connectivity index (χ1v) is 6.38. The number of rotatable bonds is 3. The van der Waals surface area contributed by atoms with Gasteiger partial charge in [-0.3, -0.25) is 0 Å². The molecule has 1 unspecified atom stereocenters. The van der Waals surface area contributed by atoms with E-state index in [0.29, 0.717) is 13.2 Å². The highest BCUT2D eigenvalue weighted by Crippen LogP contribution is 2.10. The van der Waals surface area contributed by atoms with E-state index >= 15 is 0 Å². The molecule has 0 aliphatic carbocycles. The first-order chi connectivity index (χ1) is 6.47. The monoisotopic (exact) mass is 238 g/mol. The molecular formula is C7H14N2O3S2. The van der Waals surface area contributed by atoms with E-state index in [0.717, 1.165) is 0 Å². The number of nitrogens with zero attached hydrogens (tertiary/aromatic N) is 1. The molecule has 5 nitrogen and oxygen atoms in total. The van der Waals surface area contributed by atoms with Gasteiger partial charge in [-0.2, -0.15) is 4.31 Å². The Labute approximate surface area is 89.3 Å². The molecule has 0 saturated carbocycles. The zero-order valence-corrected chi connectivity index (χ0v) is 9.60. The fraction of sp³-hybridized carbons (Fsp3) is 0.857. The van der Waals surface area contributed by atoms with Crippen LogP contribution in [0.25, 0.3) is 0 Å². The lowest BCUT2D eigenvalue weighted by molar-refractivity contribution is 0.0387. The van der Waals surface area contributed by atoms with Crippen molar-refractivity contribution >= 4 is 27.2 Å². The van der Waals surface area contributed by atoms with Gasteiger partial charge in [-0.05, 0) is 6.92 Å². The van der Waals surface area contributed by atoms with Gasteiger partial charge in [-0.25, -0.2) is 8.42 Å². The molecule has 1 atom stereocenters. The number of sulfonamides is 1. The molecule has 1 aliphatic rings. The Morgan fingerprint density at radius 3 is 2.86 bits per heavy atom. The van der Waals surface area contributed by atoms with Crippen molar-refractivity contribution in [2.24, 2.45) is 5.73 Å². The molecule has 14 heavy (non-hydrogen) atoms. The normalized spacial score (nSPS) is 24.8. The highest BCUT2D eigenvalue weighted by atomic mass is 32.2. The van der Waals surface area contributed by atoms with Crippen LogP contribution in [0, 0.1) is 0 Å². The van der Waals surface area contributed by atoms with Crippen LogP contribution >= 0.6 is 12.2 Å². The van der Waals surface area contributed by atoms with Crippen molar-refractivity contribution in [3.63, 3.8) is 0 Å². The molecule has 0 bridgehead atoms. The van der Waals surface area contributed by atoms with E-state index in [1.54, 1.807) is 6.92 Å². The molecule has 0 amide bonds. The molecule has 1 aliphatic heterocycles. The van der Waals surface area contributed by atoms with E-state index in [-0.39, 0.29) is 17.3 Å². The second-order valence-electron chi connectivity index (χ2n) is 3.02. The molecule has 2 N–H and O–H groups in total. The lowest BCUT2D eigenvalue weighted by atomic mass is 10.3. The summed E-state index contributed by atoms with van der Waals surface area (Å²) in [5.41, 5.74) is 5.40. The van der Waals surface area contributed by atoms with Gasteiger partial charge in [0.05, 0.1) is 12.4 Å². The highest BCUT2D eigenvalue weighted by molar-refractivity contribution is 7.89. The molecule has 7 heteroatoms. The Morgan fingerprint density at radius 1 is 1.71 bits per heavy atom.